The lowest BCUT2D eigenvalue weighted by molar-refractivity contribution is 0.183. The molecular weight excluding hydrogens is 282 g/mol. The fraction of sp³-hybridized carbons (Fsp3) is 0.700. The molecule has 2 aliphatic rings. The van der Waals surface area contributed by atoms with E-state index in [0.717, 1.165) is 25.2 Å². The van der Waals surface area contributed by atoms with Gasteiger partial charge >= 0.3 is 0 Å². The molecule has 128 valence electrons. The van der Waals surface area contributed by atoms with Crippen LogP contribution in [0.2, 0.25) is 0 Å². The lowest BCUT2D eigenvalue weighted by Gasteiger charge is -2.33. The smallest absolute Gasteiger partial charge is 0.0233 e. The maximum absolute atomic E-state index is 3.79. The van der Waals surface area contributed by atoms with Crippen molar-refractivity contribution in [2.45, 2.75) is 57.2 Å². The molecule has 1 heterocycles. The van der Waals surface area contributed by atoms with E-state index in [-0.39, 0.29) is 0 Å². The van der Waals surface area contributed by atoms with Gasteiger partial charge in [-0.3, -0.25) is 4.90 Å². The van der Waals surface area contributed by atoms with Crippen LogP contribution >= 0.6 is 0 Å². The van der Waals surface area contributed by atoms with E-state index in [9.17, 15) is 0 Å². The van der Waals surface area contributed by atoms with Crippen LogP contribution in [0.1, 0.15) is 44.1 Å². The molecule has 1 saturated carbocycles. The molecule has 0 unspecified atom stereocenters. The highest BCUT2D eigenvalue weighted by Crippen LogP contribution is 2.22. The second-order valence-corrected chi connectivity index (χ2v) is 7.41. The van der Waals surface area contributed by atoms with Gasteiger partial charge in [0.25, 0.3) is 0 Å². The quantitative estimate of drug-likeness (QED) is 0.834. The summed E-state index contributed by atoms with van der Waals surface area (Å²) in [6.45, 7) is 5.92. The number of benzene rings is 1. The molecule has 3 rings (SSSR count). The molecule has 1 N–H and O–H groups in total. The van der Waals surface area contributed by atoms with E-state index in [1.165, 1.54) is 63.7 Å². The highest BCUT2D eigenvalue weighted by molar-refractivity contribution is 5.14. The largest absolute Gasteiger partial charge is 0.313 e. The van der Waals surface area contributed by atoms with Crippen molar-refractivity contribution in [2.75, 3.05) is 33.2 Å². The molecule has 1 saturated heterocycles. The summed E-state index contributed by atoms with van der Waals surface area (Å²) in [6, 6.07) is 12.4. The van der Waals surface area contributed by atoms with Crippen LogP contribution in [0.5, 0.6) is 0 Å². The third-order valence-electron chi connectivity index (χ3n) is 5.68. The summed E-state index contributed by atoms with van der Waals surface area (Å²) in [4.78, 5) is 5.17. The van der Waals surface area contributed by atoms with Crippen molar-refractivity contribution in [3.8, 4) is 0 Å². The third-order valence-corrected chi connectivity index (χ3v) is 5.68. The Hall–Kier alpha value is -0.900. The van der Waals surface area contributed by atoms with Crippen molar-refractivity contribution in [3.05, 3.63) is 35.9 Å². The highest BCUT2D eigenvalue weighted by Gasteiger charge is 2.21. The topological polar surface area (TPSA) is 18.5 Å². The Morgan fingerprint density at radius 1 is 1.04 bits per heavy atom. The first-order chi connectivity index (χ1) is 11.3. The van der Waals surface area contributed by atoms with Crippen molar-refractivity contribution in [2.24, 2.45) is 0 Å². The van der Waals surface area contributed by atoms with Gasteiger partial charge in [-0.25, -0.2) is 0 Å². The number of likely N-dealkylation sites (tertiary alicyclic amines) is 1. The van der Waals surface area contributed by atoms with Crippen molar-refractivity contribution in [3.63, 3.8) is 0 Å². The number of nitrogens with one attached hydrogen (secondary N) is 1. The van der Waals surface area contributed by atoms with Crippen molar-refractivity contribution in [1.29, 1.82) is 0 Å². The minimum absolute atomic E-state index is 0.721. The van der Waals surface area contributed by atoms with Crippen LogP contribution in [0.3, 0.4) is 0 Å². The molecule has 0 radical (unpaired) electrons. The van der Waals surface area contributed by atoms with Crippen LogP contribution in [-0.4, -0.2) is 55.1 Å². The van der Waals surface area contributed by atoms with Crippen LogP contribution in [0.25, 0.3) is 0 Å². The van der Waals surface area contributed by atoms with Crippen LogP contribution in [0.4, 0.5) is 0 Å². The number of hydrogen-bond donors (Lipinski definition) is 1. The van der Waals surface area contributed by atoms with Gasteiger partial charge in [0, 0.05) is 31.7 Å². The molecule has 1 aliphatic heterocycles. The van der Waals surface area contributed by atoms with Crippen molar-refractivity contribution >= 4 is 0 Å². The zero-order valence-electron chi connectivity index (χ0n) is 14.7. The van der Waals surface area contributed by atoms with E-state index in [4.69, 9.17) is 0 Å². The molecule has 0 atom stereocenters. The first-order valence-electron chi connectivity index (χ1n) is 9.51. The lowest BCUT2D eigenvalue weighted by Crippen LogP contribution is -2.44. The second-order valence-electron chi connectivity index (χ2n) is 7.41. The van der Waals surface area contributed by atoms with Crippen molar-refractivity contribution in [1.82, 2.24) is 15.1 Å². The van der Waals surface area contributed by atoms with Gasteiger partial charge in [0.1, 0.15) is 0 Å². The van der Waals surface area contributed by atoms with Crippen LogP contribution < -0.4 is 5.32 Å². The summed E-state index contributed by atoms with van der Waals surface area (Å²) in [5, 5.41) is 3.79. The Kier molecular flexibility index (Phi) is 6.49. The van der Waals surface area contributed by atoms with E-state index in [1.807, 2.05) is 0 Å². The number of piperidine rings is 1. The molecule has 3 nitrogen and oxygen atoms in total. The summed E-state index contributed by atoms with van der Waals surface area (Å²) >= 11 is 0. The minimum atomic E-state index is 0.721. The Labute approximate surface area is 142 Å². The average molecular weight is 316 g/mol. The summed E-state index contributed by atoms with van der Waals surface area (Å²) in [5.74, 6) is 0. The molecule has 0 amide bonds. The predicted molar refractivity (Wildman–Crippen MR) is 97.6 cm³/mol. The van der Waals surface area contributed by atoms with Gasteiger partial charge in [0.05, 0.1) is 0 Å². The zero-order valence-corrected chi connectivity index (χ0v) is 14.7. The van der Waals surface area contributed by atoms with Crippen molar-refractivity contribution < 1.29 is 0 Å². The first-order valence-corrected chi connectivity index (χ1v) is 9.51. The molecular formula is C20H33N3. The summed E-state index contributed by atoms with van der Waals surface area (Å²) < 4.78 is 0. The first kappa shape index (κ1) is 16.9. The van der Waals surface area contributed by atoms with Gasteiger partial charge in [0.15, 0.2) is 0 Å². The van der Waals surface area contributed by atoms with Gasteiger partial charge in [-0.05, 0) is 51.4 Å². The Balaban J connectivity index is 1.30. The lowest BCUT2D eigenvalue weighted by atomic mass is 10.0. The average Bonchev–Trinajstić information content (AvgIpc) is 3.12. The van der Waals surface area contributed by atoms with E-state index >= 15 is 0 Å². The Morgan fingerprint density at radius 3 is 2.43 bits per heavy atom. The third kappa shape index (κ3) is 5.30. The zero-order chi connectivity index (χ0) is 15.9. The minimum Gasteiger partial charge on any atom is -0.313 e. The number of rotatable bonds is 7. The van der Waals surface area contributed by atoms with Gasteiger partial charge in [0.2, 0.25) is 0 Å². The van der Waals surface area contributed by atoms with Gasteiger partial charge in [-0.2, -0.15) is 0 Å². The van der Waals surface area contributed by atoms with Gasteiger partial charge < -0.3 is 10.2 Å². The molecule has 0 spiro atoms. The Morgan fingerprint density at radius 2 is 1.74 bits per heavy atom. The highest BCUT2D eigenvalue weighted by atomic mass is 15.2. The van der Waals surface area contributed by atoms with Crippen LogP contribution in [0, 0.1) is 0 Å². The predicted octanol–water partition coefficient (Wildman–Crippen LogP) is 3.12. The molecule has 1 aromatic carbocycles. The second kappa shape index (κ2) is 8.81. The number of likely N-dealkylation sites (N-methyl/N-ethyl adjacent to an activating group) is 1. The molecule has 23 heavy (non-hydrogen) atoms. The maximum Gasteiger partial charge on any atom is 0.0233 e. The molecule has 0 aromatic heterocycles. The molecule has 1 aliphatic carbocycles. The number of nitrogens with zero attached hydrogens (tertiary/aromatic N) is 2. The Bertz CT molecular complexity index is 433. The van der Waals surface area contributed by atoms with E-state index in [0.29, 0.717) is 0 Å². The molecule has 1 aromatic rings. The van der Waals surface area contributed by atoms with Gasteiger partial charge in [-0.1, -0.05) is 43.2 Å². The molecule has 2 fully saturated rings. The summed E-state index contributed by atoms with van der Waals surface area (Å²) in [5.41, 5.74) is 1.44. The standard InChI is InChI=1S/C20H33N3/c1-22(20-9-5-6-10-20)16-13-21-19-11-14-23(15-12-19)17-18-7-3-2-4-8-18/h2-4,7-8,19-21H,5-6,9-17H2,1H3. The molecule has 3 heteroatoms. The fourth-order valence-electron chi connectivity index (χ4n) is 4.11. The van der Waals surface area contributed by atoms with E-state index in [2.05, 4.69) is 52.5 Å². The van der Waals surface area contributed by atoms with Crippen LogP contribution in [0.15, 0.2) is 30.3 Å². The summed E-state index contributed by atoms with van der Waals surface area (Å²) in [7, 11) is 2.31. The SMILES string of the molecule is CN(CCNC1CCN(Cc2ccccc2)CC1)C1CCCC1. The number of hydrogen-bond acceptors (Lipinski definition) is 3. The van der Waals surface area contributed by atoms with Crippen LogP contribution in [-0.2, 0) is 6.54 Å². The summed E-state index contributed by atoms with van der Waals surface area (Å²) in [6.07, 6.45) is 8.27. The van der Waals surface area contributed by atoms with Gasteiger partial charge in [-0.15, -0.1) is 0 Å². The fourth-order valence-corrected chi connectivity index (χ4v) is 4.11. The monoisotopic (exact) mass is 315 g/mol. The maximum atomic E-state index is 3.79. The normalized spacial score (nSPS) is 21.3. The molecule has 0 bridgehead atoms. The van der Waals surface area contributed by atoms with E-state index < -0.39 is 0 Å². The van der Waals surface area contributed by atoms with E-state index in [1.54, 1.807) is 0 Å².